The van der Waals surface area contributed by atoms with Crippen molar-refractivity contribution in [1.29, 1.82) is 0 Å². The summed E-state index contributed by atoms with van der Waals surface area (Å²) in [5.41, 5.74) is 4.77. The molecule has 1 aromatic carbocycles. The summed E-state index contributed by atoms with van der Waals surface area (Å²) in [7, 11) is 0. The van der Waals surface area contributed by atoms with Crippen LogP contribution in [-0.2, 0) is 6.42 Å². The number of unbranched alkanes of at least 4 members (excludes halogenated alkanes) is 5. The SMILES string of the molecule is CCCCCc1cc2c([c]([Sn]([CH2]CCC)([CH2]CCC)[CH2]CCC)c1)[C@@H]1C=C(C)CC[C@H]1C(C)(C)O2. The van der Waals surface area contributed by atoms with E-state index in [4.69, 9.17) is 4.74 Å². The first-order chi connectivity index (χ1) is 16.8. The van der Waals surface area contributed by atoms with Gasteiger partial charge in [0.2, 0.25) is 0 Å². The summed E-state index contributed by atoms with van der Waals surface area (Å²) in [4.78, 5) is 0. The van der Waals surface area contributed by atoms with Gasteiger partial charge in [0.1, 0.15) is 0 Å². The molecule has 2 heteroatoms. The molecule has 2 aliphatic rings. The normalized spacial score (nSPS) is 21.2. The van der Waals surface area contributed by atoms with Gasteiger partial charge in [0.05, 0.1) is 0 Å². The molecule has 1 heterocycles. The van der Waals surface area contributed by atoms with Crippen LogP contribution in [0.15, 0.2) is 23.8 Å². The van der Waals surface area contributed by atoms with E-state index in [0.717, 1.165) is 0 Å². The van der Waals surface area contributed by atoms with Gasteiger partial charge in [0, 0.05) is 0 Å². The van der Waals surface area contributed by atoms with E-state index in [9.17, 15) is 0 Å². The summed E-state index contributed by atoms with van der Waals surface area (Å²) in [6, 6.07) is 5.27. The number of hydrogen-bond donors (Lipinski definition) is 0. The zero-order valence-electron chi connectivity index (χ0n) is 24.4. The van der Waals surface area contributed by atoms with Crippen molar-refractivity contribution in [2.75, 3.05) is 0 Å². The van der Waals surface area contributed by atoms with Crippen LogP contribution < -0.4 is 8.32 Å². The van der Waals surface area contributed by atoms with E-state index < -0.39 is 18.4 Å². The van der Waals surface area contributed by atoms with E-state index in [-0.39, 0.29) is 5.60 Å². The van der Waals surface area contributed by atoms with E-state index in [1.54, 1.807) is 30.0 Å². The third-order valence-electron chi connectivity index (χ3n) is 9.22. The van der Waals surface area contributed by atoms with Crippen molar-refractivity contribution in [2.45, 2.75) is 150 Å². The van der Waals surface area contributed by atoms with Gasteiger partial charge in [-0.15, -0.1) is 0 Å². The Kier molecular flexibility index (Phi) is 11.1. The topological polar surface area (TPSA) is 9.23 Å². The predicted octanol–water partition coefficient (Wildman–Crippen LogP) is 10.1. The molecule has 1 aliphatic heterocycles. The molecule has 0 bridgehead atoms. The van der Waals surface area contributed by atoms with Crippen LogP contribution in [0.4, 0.5) is 0 Å². The third-order valence-corrected chi connectivity index (χ3v) is 24.9. The van der Waals surface area contributed by atoms with E-state index >= 15 is 0 Å². The fraction of sp³-hybridized carbons (Fsp3) is 0.758. The zero-order chi connectivity index (χ0) is 25.5. The van der Waals surface area contributed by atoms with Crippen molar-refractivity contribution < 1.29 is 4.74 Å². The maximum atomic E-state index is 7.02. The molecule has 1 aromatic rings. The molecule has 1 nitrogen and oxygen atoms in total. The first-order valence-corrected chi connectivity index (χ1v) is 22.8. The maximum absolute atomic E-state index is 7.02. The van der Waals surface area contributed by atoms with Crippen molar-refractivity contribution in [3.8, 4) is 5.75 Å². The van der Waals surface area contributed by atoms with Crippen LogP contribution in [0.3, 0.4) is 0 Å². The number of fused-ring (bicyclic) bond motifs is 3. The molecule has 3 rings (SSSR count). The van der Waals surface area contributed by atoms with Gasteiger partial charge in [0.25, 0.3) is 0 Å². The van der Waals surface area contributed by atoms with Crippen molar-refractivity contribution >= 4 is 22.0 Å². The van der Waals surface area contributed by atoms with Crippen molar-refractivity contribution in [2.24, 2.45) is 5.92 Å². The monoisotopic (exact) mass is 588 g/mol. The Morgan fingerprint density at radius 2 is 1.46 bits per heavy atom. The molecule has 0 saturated heterocycles. The quantitative estimate of drug-likeness (QED) is 0.120. The van der Waals surface area contributed by atoms with Crippen LogP contribution in [0.2, 0.25) is 13.3 Å². The van der Waals surface area contributed by atoms with Crippen LogP contribution in [0.25, 0.3) is 0 Å². The number of allylic oxidation sites excluding steroid dienone is 2. The minimum absolute atomic E-state index is 0.0807. The van der Waals surface area contributed by atoms with Crippen LogP contribution in [0.1, 0.15) is 136 Å². The Balaban J connectivity index is 2.24. The number of rotatable bonds is 14. The Morgan fingerprint density at radius 3 is 2.03 bits per heavy atom. The molecule has 2 atom stereocenters. The molecule has 198 valence electrons. The Hall–Kier alpha value is -0.441. The summed E-state index contributed by atoms with van der Waals surface area (Å²) < 4.78 is 13.5. The summed E-state index contributed by atoms with van der Waals surface area (Å²) in [6.07, 6.45) is 18.6. The van der Waals surface area contributed by atoms with Crippen LogP contribution >= 0.6 is 0 Å². The second-order valence-corrected chi connectivity index (χ2v) is 25.6. The van der Waals surface area contributed by atoms with Gasteiger partial charge in [-0.2, -0.15) is 0 Å². The van der Waals surface area contributed by atoms with Crippen molar-refractivity contribution in [3.63, 3.8) is 0 Å². The Morgan fingerprint density at radius 1 is 0.857 bits per heavy atom. The molecule has 0 unspecified atom stereocenters. The molecular weight excluding hydrogens is 531 g/mol. The zero-order valence-corrected chi connectivity index (χ0v) is 27.3. The molecule has 0 N–H and O–H groups in total. The van der Waals surface area contributed by atoms with E-state index in [2.05, 4.69) is 66.7 Å². The molecule has 0 radical (unpaired) electrons. The van der Waals surface area contributed by atoms with Crippen LogP contribution in [-0.4, -0.2) is 24.0 Å². The molecule has 1 aliphatic carbocycles. The Bertz CT molecular complexity index is 814. The van der Waals surface area contributed by atoms with Gasteiger partial charge in [-0.1, -0.05) is 0 Å². The third kappa shape index (κ3) is 6.91. The summed E-state index contributed by atoms with van der Waals surface area (Å²) in [5, 5.41) is 0. The van der Waals surface area contributed by atoms with E-state index in [1.807, 2.05) is 3.58 Å². The fourth-order valence-corrected chi connectivity index (χ4v) is 24.2. The number of benzene rings is 1. The second kappa shape index (κ2) is 13.4. The number of aryl methyl sites for hydroxylation is 1. The standard InChI is InChI=1S/C21H29O.3C4H9.Sn/c1-5-6-7-8-16-10-11-17-18-13-15(2)9-12-19(18)21(3,4)22-20(17)14-16;3*1-3-4-2;/h10,13-14,18-19H,5-9,12H2,1-4H3;3*1,3-4H2,2H3;/t18-,19+;;;;/m0..../s1. The molecule has 0 spiro atoms. The molecule has 0 aromatic heterocycles. The molecule has 0 amide bonds. The van der Waals surface area contributed by atoms with Gasteiger partial charge in [-0.25, -0.2) is 0 Å². The van der Waals surface area contributed by atoms with Gasteiger partial charge in [-0.3, -0.25) is 0 Å². The van der Waals surface area contributed by atoms with E-state index in [1.165, 1.54) is 82.8 Å². The average Bonchev–Trinajstić information content (AvgIpc) is 2.83. The van der Waals surface area contributed by atoms with Gasteiger partial charge >= 0.3 is 224 Å². The summed E-state index contributed by atoms with van der Waals surface area (Å²) >= 11 is -2.64. The van der Waals surface area contributed by atoms with Gasteiger partial charge < -0.3 is 0 Å². The Labute approximate surface area is 222 Å². The first-order valence-electron chi connectivity index (χ1n) is 15.4. The number of ether oxygens (including phenoxy) is 1. The molecular formula is C33H56OSn. The molecule has 35 heavy (non-hydrogen) atoms. The average molecular weight is 588 g/mol. The van der Waals surface area contributed by atoms with Crippen LogP contribution in [0, 0.1) is 5.92 Å². The van der Waals surface area contributed by atoms with Gasteiger partial charge in [0.15, 0.2) is 0 Å². The van der Waals surface area contributed by atoms with Gasteiger partial charge in [-0.05, 0) is 0 Å². The number of hydrogen-bond acceptors (Lipinski definition) is 1. The molecule has 0 saturated carbocycles. The van der Waals surface area contributed by atoms with Crippen molar-refractivity contribution in [1.82, 2.24) is 0 Å². The fourth-order valence-electron chi connectivity index (χ4n) is 7.09. The summed E-state index contributed by atoms with van der Waals surface area (Å²) in [6.45, 7) is 16.6. The first kappa shape index (κ1) is 29.1. The van der Waals surface area contributed by atoms with Crippen LogP contribution in [0.5, 0.6) is 5.75 Å². The second-order valence-electron chi connectivity index (χ2n) is 12.5. The molecule has 0 fully saturated rings. The predicted molar refractivity (Wildman–Crippen MR) is 158 cm³/mol. The van der Waals surface area contributed by atoms with E-state index in [0.29, 0.717) is 11.8 Å². The minimum atomic E-state index is -2.64. The van der Waals surface area contributed by atoms with Crippen molar-refractivity contribution in [3.05, 3.63) is 34.9 Å². The summed E-state index contributed by atoms with van der Waals surface area (Å²) in [5.74, 6) is 2.44.